The van der Waals surface area contributed by atoms with Crippen LogP contribution in [0.2, 0.25) is 0 Å². The monoisotopic (exact) mass is 296 g/mol. The Bertz CT molecular complexity index is 364. The zero-order chi connectivity index (χ0) is 13.6. The molecule has 0 aromatic carbocycles. The normalized spacial score (nSPS) is 18.0. The number of hydrogen-bond acceptors (Lipinski definition) is 3. The maximum atomic E-state index is 11.9. The molecule has 1 aliphatic heterocycles. The zero-order valence-electron chi connectivity index (χ0n) is 10.8. The van der Waals surface area contributed by atoms with E-state index in [0.717, 1.165) is 6.42 Å². The third-order valence-corrected chi connectivity index (χ3v) is 5.19. The number of alkyl halides is 1. The summed E-state index contributed by atoms with van der Waals surface area (Å²) in [6.07, 6.45) is 1.88. The van der Waals surface area contributed by atoms with Gasteiger partial charge in [-0.05, 0) is 6.42 Å². The number of piperazine rings is 1. The van der Waals surface area contributed by atoms with Gasteiger partial charge in [-0.2, -0.15) is 4.31 Å². The molecule has 7 heteroatoms. The highest BCUT2D eigenvalue weighted by Gasteiger charge is 2.27. The van der Waals surface area contributed by atoms with Crippen molar-refractivity contribution in [1.29, 1.82) is 0 Å². The maximum absolute atomic E-state index is 11.9. The second-order valence-corrected chi connectivity index (χ2v) is 6.85. The number of rotatable bonds is 6. The van der Waals surface area contributed by atoms with Gasteiger partial charge in [0.1, 0.15) is 0 Å². The predicted molar refractivity (Wildman–Crippen MR) is 72.2 cm³/mol. The molecule has 0 spiro atoms. The lowest BCUT2D eigenvalue weighted by atomic mass is 10.3. The minimum absolute atomic E-state index is 0.00982. The van der Waals surface area contributed by atoms with Crippen molar-refractivity contribution in [2.75, 3.05) is 37.8 Å². The van der Waals surface area contributed by atoms with Gasteiger partial charge in [0.05, 0.1) is 5.75 Å². The summed E-state index contributed by atoms with van der Waals surface area (Å²) < 4.78 is 25.4. The number of hydrogen-bond donors (Lipinski definition) is 0. The van der Waals surface area contributed by atoms with Crippen LogP contribution in [0.15, 0.2) is 0 Å². The fourth-order valence-corrected chi connectivity index (χ4v) is 3.70. The van der Waals surface area contributed by atoms with Crippen molar-refractivity contribution >= 4 is 27.5 Å². The van der Waals surface area contributed by atoms with Crippen LogP contribution in [-0.4, -0.2) is 61.3 Å². The van der Waals surface area contributed by atoms with Gasteiger partial charge in [-0.3, -0.25) is 4.79 Å². The molecule has 106 valence electrons. The van der Waals surface area contributed by atoms with Crippen molar-refractivity contribution in [2.45, 2.75) is 26.2 Å². The number of halogens is 1. The fourth-order valence-electron chi connectivity index (χ4n) is 1.91. The molecule has 1 rings (SSSR count). The van der Waals surface area contributed by atoms with Gasteiger partial charge in [-0.25, -0.2) is 8.42 Å². The highest BCUT2D eigenvalue weighted by atomic mass is 35.5. The second-order valence-electron chi connectivity index (χ2n) is 4.39. The van der Waals surface area contributed by atoms with Gasteiger partial charge < -0.3 is 4.90 Å². The van der Waals surface area contributed by atoms with E-state index in [2.05, 4.69) is 0 Å². The summed E-state index contributed by atoms with van der Waals surface area (Å²) in [6, 6.07) is 0. The third kappa shape index (κ3) is 4.40. The summed E-state index contributed by atoms with van der Waals surface area (Å²) in [7, 11) is -3.14. The SMILES string of the molecule is CCCCS(=O)(=O)N1CCN(C(=O)CCCl)CC1. The maximum Gasteiger partial charge on any atom is 0.223 e. The molecule has 0 aromatic rings. The van der Waals surface area contributed by atoms with E-state index in [1.165, 1.54) is 4.31 Å². The molecule has 0 bridgehead atoms. The van der Waals surface area contributed by atoms with E-state index in [1.54, 1.807) is 4.90 Å². The highest BCUT2D eigenvalue weighted by Crippen LogP contribution is 2.10. The number of carbonyl (C=O) groups is 1. The lowest BCUT2D eigenvalue weighted by molar-refractivity contribution is -0.131. The molecule has 5 nitrogen and oxygen atoms in total. The Labute approximate surface area is 114 Å². The number of amides is 1. The molecule has 0 N–H and O–H groups in total. The Morgan fingerprint density at radius 2 is 1.83 bits per heavy atom. The van der Waals surface area contributed by atoms with Gasteiger partial charge in [0.25, 0.3) is 0 Å². The average molecular weight is 297 g/mol. The van der Waals surface area contributed by atoms with Gasteiger partial charge in [-0.15, -0.1) is 11.6 Å². The van der Waals surface area contributed by atoms with Crippen LogP contribution in [0.4, 0.5) is 0 Å². The third-order valence-electron chi connectivity index (χ3n) is 3.05. The summed E-state index contributed by atoms with van der Waals surface area (Å²) in [6.45, 7) is 3.72. The molecule has 1 saturated heterocycles. The molecule has 1 aliphatic rings. The molecule has 0 unspecified atom stereocenters. The lowest BCUT2D eigenvalue weighted by Gasteiger charge is -2.34. The first-order valence-electron chi connectivity index (χ1n) is 6.33. The molecule has 18 heavy (non-hydrogen) atoms. The van der Waals surface area contributed by atoms with Crippen molar-refractivity contribution in [3.8, 4) is 0 Å². The first-order chi connectivity index (χ1) is 8.51. The fraction of sp³-hybridized carbons (Fsp3) is 0.909. The van der Waals surface area contributed by atoms with E-state index in [1.807, 2.05) is 6.92 Å². The van der Waals surface area contributed by atoms with Crippen molar-refractivity contribution in [1.82, 2.24) is 9.21 Å². The number of unbranched alkanes of at least 4 members (excludes halogenated alkanes) is 1. The molecule has 0 aliphatic carbocycles. The van der Waals surface area contributed by atoms with Crippen LogP contribution in [0, 0.1) is 0 Å². The molecule has 0 atom stereocenters. The van der Waals surface area contributed by atoms with Crippen LogP contribution in [-0.2, 0) is 14.8 Å². The average Bonchev–Trinajstić information content (AvgIpc) is 2.37. The molecule has 1 fully saturated rings. The van der Waals surface area contributed by atoms with Crippen LogP contribution in [0.25, 0.3) is 0 Å². The van der Waals surface area contributed by atoms with Crippen molar-refractivity contribution in [3.63, 3.8) is 0 Å². The van der Waals surface area contributed by atoms with Crippen molar-refractivity contribution in [3.05, 3.63) is 0 Å². The molecule has 1 amide bonds. The summed E-state index contributed by atoms with van der Waals surface area (Å²) in [4.78, 5) is 13.3. The molecular formula is C11H21ClN2O3S. The molecule has 0 saturated carbocycles. The quantitative estimate of drug-likeness (QED) is 0.684. The van der Waals surface area contributed by atoms with Crippen LogP contribution in [0.5, 0.6) is 0 Å². The predicted octanol–water partition coefficient (Wildman–Crippen LogP) is 0.889. The Hall–Kier alpha value is -0.330. The van der Waals surface area contributed by atoms with Gasteiger partial charge in [0.15, 0.2) is 0 Å². The van der Waals surface area contributed by atoms with Crippen LogP contribution in [0.1, 0.15) is 26.2 Å². The van der Waals surface area contributed by atoms with E-state index in [4.69, 9.17) is 11.6 Å². The molecule has 0 aromatic heterocycles. The van der Waals surface area contributed by atoms with Crippen molar-refractivity contribution < 1.29 is 13.2 Å². The van der Waals surface area contributed by atoms with E-state index in [9.17, 15) is 13.2 Å². The zero-order valence-corrected chi connectivity index (χ0v) is 12.3. The van der Waals surface area contributed by atoms with E-state index in [0.29, 0.717) is 44.9 Å². The van der Waals surface area contributed by atoms with Crippen LogP contribution >= 0.6 is 11.6 Å². The minimum atomic E-state index is -3.14. The topological polar surface area (TPSA) is 57.7 Å². The number of carbonyl (C=O) groups excluding carboxylic acids is 1. The largest absolute Gasteiger partial charge is 0.340 e. The Kier molecular flexibility index (Phi) is 6.38. The van der Waals surface area contributed by atoms with E-state index in [-0.39, 0.29) is 11.7 Å². The van der Waals surface area contributed by atoms with Crippen molar-refractivity contribution in [2.24, 2.45) is 0 Å². The first-order valence-corrected chi connectivity index (χ1v) is 8.47. The molecular weight excluding hydrogens is 276 g/mol. The van der Waals surface area contributed by atoms with Gasteiger partial charge in [-0.1, -0.05) is 13.3 Å². The summed E-state index contributed by atoms with van der Waals surface area (Å²) in [5.41, 5.74) is 0. The number of sulfonamides is 1. The Morgan fingerprint density at radius 3 is 2.33 bits per heavy atom. The smallest absolute Gasteiger partial charge is 0.223 e. The molecule has 1 heterocycles. The summed E-state index contributed by atoms with van der Waals surface area (Å²) in [5, 5.41) is 0. The standard InChI is InChI=1S/C11H21ClN2O3S/c1-2-3-10-18(16,17)14-8-6-13(7-9-14)11(15)4-5-12/h2-10H2,1H3. The Morgan fingerprint density at radius 1 is 1.22 bits per heavy atom. The van der Waals surface area contributed by atoms with Gasteiger partial charge in [0.2, 0.25) is 15.9 Å². The second kappa shape index (κ2) is 7.31. The van der Waals surface area contributed by atoms with Gasteiger partial charge >= 0.3 is 0 Å². The van der Waals surface area contributed by atoms with E-state index < -0.39 is 10.0 Å². The van der Waals surface area contributed by atoms with Crippen LogP contribution < -0.4 is 0 Å². The first kappa shape index (κ1) is 15.7. The number of nitrogens with zero attached hydrogens (tertiary/aromatic N) is 2. The molecule has 0 radical (unpaired) electrons. The Balaban J connectivity index is 2.46. The summed E-state index contributed by atoms with van der Waals surface area (Å²) in [5.74, 6) is 0.531. The highest BCUT2D eigenvalue weighted by molar-refractivity contribution is 7.89. The van der Waals surface area contributed by atoms with Gasteiger partial charge in [0, 0.05) is 38.5 Å². The van der Waals surface area contributed by atoms with Crippen LogP contribution in [0.3, 0.4) is 0 Å². The van der Waals surface area contributed by atoms with E-state index >= 15 is 0 Å². The minimum Gasteiger partial charge on any atom is -0.340 e. The summed E-state index contributed by atoms with van der Waals surface area (Å²) >= 11 is 5.52. The lowest BCUT2D eigenvalue weighted by Crippen LogP contribution is -2.51.